The van der Waals surface area contributed by atoms with Gasteiger partial charge in [-0.05, 0) is 24.1 Å². The van der Waals surface area contributed by atoms with Crippen LogP contribution in [-0.4, -0.2) is 22.1 Å². The molecule has 2 rings (SSSR count). The molecule has 0 fully saturated rings. The van der Waals surface area contributed by atoms with Crippen molar-refractivity contribution in [3.8, 4) is 17.0 Å². The highest BCUT2D eigenvalue weighted by molar-refractivity contribution is 5.67. The van der Waals surface area contributed by atoms with E-state index < -0.39 is 0 Å². The van der Waals surface area contributed by atoms with Gasteiger partial charge < -0.3 is 4.74 Å². The van der Waals surface area contributed by atoms with Gasteiger partial charge in [-0.25, -0.2) is 4.68 Å². The fourth-order valence-corrected chi connectivity index (χ4v) is 1.89. The van der Waals surface area contributed by atoms with E-state index in [-0.39, 0.29) is 0 Å². The predicted octanol–water partition coefficient (Wildman–Crippen LogP) is 2.87. The molecule has 0 spiro atoms. The Morgan fingerprint density at radius 1 is 1.32 bits per heavy atom. The van der Waals surface area contributed by atoms with Crippen molar-refractivity contribution >= 4 is 0 Å². The van der Waals surface area contributed by atoms with Crippen LogP contribution >= 0.6 is 0 Å². The van der Waals surface area contributed by atoms with E-state index in [2.05, 4.69) is 29.5 Å². The van der Waals surface area contributed by atoms with Gasteiger partial charge in [-0.2, -0.15) is 0 Å². The molecule has 1 aromatic heterocycles. The Balaban J connectivity index is 2.41. The van der Waals surface area contributed by atoms with Crippen molar-refractivity contribution in [3.63, 3.8) is 0 Å². The minimum absolute atomic E-state index is 0.641. The van der Waals surface area contributed by atoms with E-state index in [0.29, 0.717) is 6.54 Å². The summed E-state index contributed by atoms with van der Waals surface area (Å²) in [6.45, 7) is 8.08. The summed E-state index contributed by atoms with van der Waals surface area (Å²) in [5.74, 6) is 0.790. The number of benzene rings is 1. The monoisotopic (exact) mass is 255 g/mol. The maximum Gasteiger partial charge on any atom is 0.128 e. The molecule has 0 N–H and O–H groups in total. The standard InChI is InChI=1S/C15H17N3O/c1-4-6-12-7-8-15(19-3)13(10-12)14-11-18(9-5-2)17-16-14/h4-5,7-8,10-11H,1-2,6,9H2,3H3. The third-order valence-electron chi connectivity index (χ3n) is 2.77. The molecular weight excluding hydrogens is 238 g/mol. The van der Waals surface area contributed by atoms with Crippen molar-refractivity contribution in [1.82, 2.24) is 15.0 Å². The first kappa shape index (κ1) is 13.1. The second-order valence-corrected chi connectivity index (χ2v) is 4.14. The molecule has 0 bridgehead atoms. The van der Waals surface area contributed by atoms with E-state index in [1.54, 1.807) is 17.9 Å². The zero-order chi connectivity index (χ0) is 13.7. The Morgan fingerprint density at radius 2 is 2.16 bits per heavy atom. The highest BCUT2D eigenvalue weighted by atomic mass is 16.5. The molecule has 0 atom stereocenters. The first-order valence-electron chi connectivity index (χ1n) is 6.07. The van der Waals surface area contributed by atoms with Crippen LogP contribution in [0.4, 0.5) is 0 Å². The molecule has 1 heterocycles. The smallest absolute Gasteiger partial charge is 0.128 e. The Hall–Kier alpha value is -2.36. The van der Waals surface area contributed by atoms with Crippen LogP contribution in [0.3, 0.4) is 0 Å². The second-order valence-electron chi connectivity index (χ2n) is 4.14. The van der Waals surface area contributed by atoms with Gasteiger partial charge in [0.05, 0.1) is 19.9 Å². The number of ether oxygens (including phenoxy) is 1. The van der Waals surface area contributed by atoms with Gasteiger partial charge in [-0.3, -0.25) is 0 Å². The summed E-state index contributed by atoms with van der Waals surface area (Å²) in [6.07, 6.45) is 6.36. The van der Waals surface area contributed by atoms with Gasteiger partial charge in [0.25, 0.3) is 0 Å². The van der Waals surface area contributed by atoms with Gasteiger partial charge in [0, 0.05) is 5.56 Å². The van der Waals surface area contributed by atoms with Crippen molar-refractivity contribution < 1.29 is 4.74 Å². The number of methoxy groups -OCH3 is 1. The summed E-state index contributed by atoms with van der Waals surface area (Å²) in [4.78, 5) is 0. The Bertz CT molecular complexity index is 587. The molecule has 2 aromatic rings. The molecule has 0 saturated heterocycles. The maximum atomic E-state index is 5.38. The van der Waals surface area contributed by atoms with Crippen LogP contribution in [0, 0.1) is 0 Å². The molecule has 1 aromatic carbocycles. The van der Waals surface area contributed by atoms with Gasteiger partial charge in [-0.1, -0.05) is 23.4 Å². The fourth-order valence-electron chi connectivity index (χ4n) is 1.89. The Labute approximate surface area is 113 Å². The van der Waals surface area contributed by atoms with Crippen LogP contribution in [0.2, 0.25) is 0 Å². The van der Waals surface area contributed by atoms with Crippen LogP contribution in [0.15, 0.2) is 49.7 Å². The van der Waals surface area contributed by atoms with Crippen LogP contribution in [-0.2, 0) is 13.0 Å². The van der Waals surface area contributed by atoms with Crippen molar-refractivity contribution in [1.29, 1.82) is 0 Å². The van der Waals surface area contributed by atoms with E-state index in [9.17, 15) is 0 Å². The lowest BCUT2D eigenvalue weighted by Crippen LogP contribution is -1.94. The topological polar surface area (TPSA) is 39.9 Å². The number of allylic oxidation sites excluding steroid dienone is 2. The summed E-state index contributed by atoms with van der Waals surface area (Å²) >= 11 is 0. The lowest BCUT2D eigenvalue weighted by Gasteiger charge is -2.07. The van der Waals surface area contributed by atoms with Crippen LogP contribution in [0.1, 0.15) is 5.56 Å². The zero-order valence-corrected chi connectivity index (χ0v) is 11.0. The summed E-state index contributed by atoms with van der Waals surface area (Å²) in [6, 6.07) is 6.03. The van der Waals surface area contributed by atoms with E-state index in [0.717, 1.165) is 23.4 Å². The Morgan fingerprint density at radius 3 is 2.84 bits per heavy atom. The summed E-state index contributed by atoms with van der Waals surface area (Å²) < 4.78 is 7.12. The largest absolute Gasteiger partial charge is 0.496 e. The molecule has 0 saturated carbocycles. The van der Waals surface area contributed by atoms with E-state index in [1.165, 1.54) is 5.56 Å². The lowest BCUT2D eigenvalue weighted by atomic mass is 10.1. The average Bonchev–Trinajstić information content (AvgIpc) is 2.88. The highest BCUT2D eigenvalue weighted by Gasteiger charge is 2.10. The number of hydrogen-bond donors (Lipinski definition) is 0. The fraction of sp³-hybridized carbons (Fsp3) is 0.200. The molecule has 0 amide bonds. The molecule has 19 heavy (non-hydrogen) atoms. The molecule has 4 heteroatoms. The molecule has 0 aliphatic heterocycles. The van der Waals surface area contributed by atoms with Gasteiger partial charge in [0.2, 0.25) is 0 Å². The molecule has 0 aliphatic rings. The summed E-state index contributed by atoms with van der Waals surface area (Å²) in [5.41, 5.74) is 2.91. The van der Waals surface area contributed by atoms with E-state index in [4.69, 9.17) is 4.74 Å². The van der Waals surface area contributed by atoms with Gasteiger partial charge in [0.1, 0.15) is 11.4 Å². The summed E-state index contributed by atoms with van der Waals surface area (Å²) in [7, 11) is 1.65. The quantitative estimate of drug-likeness (QED) is 0.745. The van der Waals surface area contributed by atoms with Crippen molar-refractivity contribution in [2.45, 2.75) is 13.0 Å². The Kier molecular flexibility index (Phi) is 4.13. The van der Waals surface area contributed by atoms with Gasteiger partial charge >= 0.3 is 0 Å². The number of nitrogens with zero attached hydrogens (tertiary/aromatic N) is 3. The summed E-state index contributed by atoms with van der Waals surface area (Å²) in [5, 5.41) is 8.23. The number of aromatic nitrogens is 3. The first-order valence-corrected chi connectivity index (χ1v) is 6.07. The van der Waals surface area contributed by atoms with Crippen molar-refractivity contribution in [2.75, 3.05) is 7.11 Å². The van der Waals surface area contributed by atoms with E-state index >= 15 is 0 Å². The van der Waals surface area contributed by atoms with Crippen LogP contribution in [0.5, 0.6) is 5.75 Å². The van der Waals surface area contributed by atoms with Gasteiger partial charge in [-0.15, -0.1) is 18.3 Å². The average molecular weight is 255 g/mol. The maximum absolute atomic E-state index is 5.38. The molecule has 0 radical (unpaired) electrons. The molecular formula is C15H17N3O. The first-order chi connectivity index (χ1) is 9.28. The van der Waals surface area contributed by atoms with Crippen molar-refractivity contribution in [3.05, 3.63) is 55.3 Å². The number of hydrogen-bond acceptors (Lipinski definition) is 3. The molecule has 4 nitrogen and oxygen atoms in total. The molecule has 0 aliphatic carbocycles. The van der Waals surface area contributed by atoms with E-state index in [1.807, 2.05) is 24.4 Å². The SMILES string of the molecule is C=CCc1ccc(OC)c(-c2cn(CC=C)nn2)c1. The molecule has 98 valence electrons. The van der Waals surface area contributed by atoms with Crippen LogP contribution < -0.4 is 4.74 Å². The lowest BCUT2D eigenvalue weighted by molar-refractivity contribution is 0.416. The molecule has 0 unspecified atom stereocenters. The van der Waals surface area contributed by atoms with Crippen LogP contribution in [0.25, 0.3) is 11.3 Å². The third-order valence-corrected chi connectivity index (χ3v) is 2.77. The minimum atomic E-state index is 0.641. The third kappa shape index (κ3) is 2.91. The predicted molar refractivity (Wildman–Crippen MR) is 76.1 cm³/mol. The van der Waals surface area contributed by atoms with Crippen molar-refractivity contribution in [2.24, 2.45) is 0 Å². The van der Waals surface area contributed by atoms with Gasteiger partial charge in [0.15, 0.2) is 0 Å². The number of rotatable bonds is 6. The highest BCUT2D eigenvalue weighted by Crippen LogP contribution is 2.29. The second kappa shape index (κ2) is 6.00. The zero-order valence-electron chi connectivity index (χ0n) is 11.0. The minimum Gasteiger partial charge on any atom is -0.496 e. The normalized spacial score (nSPS) is 10.2.